The first-order valence-corrected chi connectivity index (χ1v) is 7.06. The molecule has 2 aliphatic rings. The van der Waals surface area contributed by atoms with E-state index in [4.69, 9.17) is 0 Å². The number of aryl methyl sites for hydroxylation is 1. The number of rotatable bonds is 1. The summed E-state index contributed by atoms with van der Waals surface area (Å²) in [6, 6.07) is 6.94. The molecule has 3 rings (SSSR count). The van der Waals surface area contributed by atoms with Crippen LogP contribution in [-0.2, 0) is 0 Å². The van der Waals surface area contributed by atoms with Gasteiger partial charge in [0, 0.05) is 18.5 Å². The largest absolute Gasteiger partial charge is 0.396 e. The van der Waals surface area contributed by atoms with E-state index in [0.29, 0.717) is 6.04 Å². The van der Waals surface area contributed by atoms with Gasteiger partial charge in [0.05, 0.1) is 6.61 Å². The van der Waals surface area contributed by atoms with E-state index in [1.807, 2.05) is 0 Å². The van der Waals surface area contributed by atoms with Crippen LogP contribution >= 0.6 is 0 Å². The van der Waals surface area contributed by atoms with Gasteiger partial charge in [-0.25, -0.2) is 0 Å². The van der Waals surface area contributed by atoms with E-state index in [-0.39, 0.29) is 12.5 Å². The summed E-state index contributed by atoms with van der Waals surface area (Å²) < 4.78 is 0. The minimum Gasteiger partial charge on any atom is -0.396 e. The second-order valence-corrected chi connectivity index (χ2v) is 5.54. The average Bonchev–Trinajstić information content (AvgIpc) is 2.46. The Labute approximate surface area is 114 Å². The van der Waals surface area contributed by atoms with E-state index in [2.05, 4.69) is 49.5 Å². The summed E-state index contributed by atoms with van der Waals surface area (Å²) >= 11 is 0. The van der Waals surface area contributed by atoms with E-state index < -0.39 is 0 Å². The van der Waals surface area contributed by atoms with E-state index in [9.17, 15) is 5.11 Å². The van der Waals surface area contributed by atoms with Crippen LogP contribution in [0.25, 0.3) is 11.1 Å². The molecule has 0 fully saturated rings. The Bertz CT molecular complexity index is 556. The number of aliphatic hydroxyl groups excluding tert-OH is 1. The quantitative estimate of drug-likeness (QED) is 0.808. The Kier molecular flexibility index (Phi) is 3.29. The van der Waals surface area contributed by atoms with Crippen molar-refractivity contribution in [2.75, 3.05) is 13.2 Å². The fraction of sp³-hybridized carbons (Fsp3) is 0.412. The summed E-state index contributed by atoms with van der Waals surface area (Å²) in [4.78, 5) is 0. The van der Waals surface area contributed by atoms with Crippen molar-refractivity contribution < 1.29 is 5.11 Å². The van der Waals surface area contributed by atoms with Crippen molar-refractivity contribution >= 4 is 11.1 Å². The van der Waals surface area contributed by atoms with Gasteiger partial charge in [0.1, 0.15) is 0 Å². The number of hydrogen-bond acceptors (Lipinski definition) is 2. The molecule has 1 aromatic carbocycles. The molecule has 0 bridgehead atoms. The summed E-state index contributed by atoms with van der Waals surface area (Å²) in [5.74, 6) is 0.242. The second-order valence-electron chi connectivity index (χ2n) is 5.54. The lowest BCUT2D eigenvalue weighted by Gasteiger charge is -2.36. The fourth-order valence-corrected chi connectivity index (χ4v) is 3.33. The molecule has 19 heavy (non-hydrogen) atoms. The third kappa shape index (κ3) is 2.05. The van der Waals surface area contributed by atoms with Crippen molar-refractivity contribution in [1.29, 1.82) is 0 Å². The molecule has 0 amide bonds. The van der Waals surface area contributed by atoms with Gasteiger partial charge in [0.25, 0.3) is 0 Å². The number of hydrogen-bond donors (Lipinski definition) is 2. The molecule has 2 heteroatoms. The molecule has 2 unspecified atom stereocenters. The summed E-state index contributed by atoms with van der Waals surface area (Å²) in [6.07, 6.45) is 5.56. The summed E-state index contributed by atoms with van der Waals surface area (Å²) in [6.45, 7) is 5.41. The molecule has 1 aliphatic carbocycles. The van der Waals surface area contributed by atoms with Crippen molar-refractivity contribution in [2.24, 2.45) is 5.92 Å². The molecule has 0 saturated heterocycles. The van der Waals surface area contributed by atoms with Crippen LogP contribution in [0.3, 0.4) is 0 Å². The van der Waals surface area contributed by atoms with E-state index in [0.717, 1.165) is 13.0 Å². The van der Waals surface area contributed by atoms with Crippen LogP contribution in [0.5, 0.6) is 0 Å². The number of nitrogens with one attached hydrogen (secondary N) is 1. The second kappa shape index (κ2) is 4.95. The van der Waals surface area contributed by atoms with Crippen LogP contribution in [0.2, 0.25) is 0 Å². The van der Waals surface area contributed by atoms with Gasteiger partial charge in [-0.3, -0.25) is 0 Å². The zero-order valence-electron chi connectivity index (χ0n) is 11.6. The SMILES string of the molecule is C/C=C1/CC2NCC(CO)C=C2c2cccc(C)c21. The van der Waals surface area contributed by atoms with Gasteiger partial charge in [0.15, 0.2) is 0 Å². The van der Waals surface area contributed by atoms with Crippen LogP contribution in [0.1, 0.15) is 30.0 Å². The highest BCUT2D eigenvalue weighted by atomic mass is 16.3. The lowest BCUT2D eigenvalue weighted by molar-refractivity contribution is 0.244. The molecule has 0 aromatic heterocycles. The van der Waals surface area contributed by atoms with Gasteiger partial charge in [-0.2, -0.15) is 0 Å². The van der Waals surface area contributed by atoms with Crippen molar-refractivity contribution in [3.05, 3.63) is 47.0 Å². The average molecular weight is 255 g/mol. The Morgan fingerprint density at radius 2 is 2.26 bits per heavy atom. The number of benzene rings is 1. The van der Waals surface area contributed by atoms with Gasteiger partial charge in [-0.15, -0.1) is 0 Å². The molecule has 100 valence electrons. The highest BCUT2D eigenvalue weighted by Gasteiger charge is 2.30. The van der Waals surface area contributed by atoms with Crippen LogP contribution in [-0.4, -0.2) is 24.3 Å². The normalized spacial score (nSPS) is 27.7. The monoisotopic (exact) mass is 255 g/mol. The highest BCUT2D eigenvalue weighted by molar-refractivity contribution is 5.88. The first-order chi connectivity index (χ1) is 9.24. The molecule has 0 saturated carbocycles. The minimum absolute atomic E-state index is 0.223. The van der Waals surface area contributed by atoms with Crippen LogP contribution < -0.4 is 5.32 Å². The fourth-order valence-electron chi connectivity index (χ4n) is 3.33. The van der Waals surface area contributed by atoms with E-state index in [1.165, 1.54) is 27.8 Å². The maximum atomic E-state index is 9.39. The standard InChI is InChI=1S/C17H21NO/c1-3-13-8-16-15(7-12(10-19)9-18-16)14-6-4-5-11(2)17(13)14/h3-7,12,16,18-19H,8-10H2,1-2H3/b13-3-. The molecular formula is C17H21NO. The first-order valence-electron chi connectivity index (χ1n) is 7.06. The summed E-state index contributed by atoms with van der Waals surface area (Å²) in [7, 11) is 0. The van der Waals surface area contributed by atoms with Crippen LogP contribution in [0, 0.1) is 12.8 Å². The topological polar surface area (TPSA) is 32.3 Å². The molecule has 0 radical (unpaired) electrons. The van der Waals surface area contributed by atoms with Gasteiger partial charge in [0.2, 0.25) is 0 Å². The maximum Gasteiger partial charge on any atom is 0.0506 e. The predicted octanol–water partition coefficient (Wildman–Crippen LogP) is 2.77. The first kappa shape index (κ1) is 12.6. The van der Waals surface area contributed by atoms with Gasteiger partial charge in [-0.1, -0.05) is 30.4 Å². The molecule has 2 atom stereocenters. The van der Waals surface area contributed by atoms with E-state index in [1.54, 1.807) is 0 Å². The molecule has 2 N–H and O–H groups in total. The van der Waals surface area contributed by atoms with Crippen LogP contribution in [0.15, 0.2) is 30.4 Å². The lowest BCUT2D eigenvalue weighted by atomic mass is 9.76. The predicted molar refractivity (Wildman–Crippen MR) is 79.8 cm³/mol. The Balaban J connectivity index is 2.17. The molecule has 1 aliphatic heterocycles. The number of fused-ring (bicyclic) bond motifs is 3. The summed E-state index contributed by atoms with van der Waals surface area (Å²) in [5, 5.41) is 13.0. The molecule has 0 spiro atoms. The van der Waals surface area contributed by atoms with E-state index >= 15 is 0 Å². The lowest BCUT2D eigenvalue weighted by Crippen LogP contribution is -2.41. The van der Waals surface area contributed by atoms with Crippen molar-refractivity contribution in [3.63, 3.8) is 0 Å². The molecule has 1 aromatic rings. The van der Waals surface area contributed by atoms with Crippen LogP contribution in [0.4, 0.5) is 0 Å². The Morgan fingerprint density at radius 3 is 3.00 bits per heavy atom. The Hall–Kier alpha value is -1.38. The van der Waals surface area contributed by atoms with Crippen molar-refractivity contribution in [2.45, 2.75) is 26.3 Å². The van der Waals surface area contributed by atoms with Gasteiger partial charge in [-0.05, 0) is 48.1 Å². The smallest absolute Gasteiger partial charge is 0.0506 e. The highest BCUT2D eigenvalue weighted by Crippen LogP contribution is 2.41. The number of allylic oxidation sites excluding steroid dienone is 1. The van der Waals surface area contributed by atoms with Crippen molar-refractivity contribution in [1.82, 2.24) is 5.32 Å². The third-order valence-corrected chi connectivity index (χ3v) is 4.33. The third-order valence-electron chi connectivity index (χ3n) is 4.33. The Morgan fingerprint density at radius 1 is 1.42 bits per heavy atom. The minimum atomic E-state index is 0.223. The zero-order valence-corrected chi connectivity index (χ0v) is 11.6. The van der Waals surface area contributed by atoms with Gasteiger partial charge < -0.3 is 10.4 Å². The maximum absolute atomic E-state index is 9.39. The molecular weight excluding hydrogens is 234 g/mol. The molecule has 1 heterocycles. The molecule has 2 nitrogen and oxygen atoms in total. The van der Waals surface area contributed by atoms with Crippen molar-refractivity contribution in [3.8, 4) is 0 Å². The summed E-state index contributed by atoms with van der Waals surface area (Å²) in [5.41, 5.74) is 6.89. The zero-order chi connectivity index (χ0) is 13.4. The van der Waals surface area contributed by atoms with Gasteiger partial charge >= 0.3 is 0 Å². The number of aliphatic hydroxyl groups is 1.